The van der Waals surface area contributed by atoms with Gasteiger partial charge in [0, 0.05) is 19.3 Å². The zero-order valence-corrected chi connectivity index (χ0v) is 10.1. The summed E-state index contributed by atoms with van der Waals surface area (Å²) in [5.74, 6) is 5.94. The van der Waals surface area contributed by atoms with Gasteiger partial charge in [0.1, 0.15) is 5.82 Å². The monoisotopic (exact) mass is 238 g/mol. The number of nitrogens with two attached hydrogens (primary N) is 1. The van der Waals surface area contributed by atoms with Crippen LogP contribution < -0.4 is 11.3 Å². The molecule has 3 nitrogen and oxygen atoms in total. The minimum atomic E-state index is -0.203. The van der Waals surface area contributed by atoms with Crippen LogP contribution in [-0.2, 0) is 4.74 Å². The minimum absolute atomic E-state index is 0.0716. The van der Waals surface area contributed by atoms with E-state index in [0.717, 1.165) is 37.2 Å². The van der Waals surface area contributed by atoms with Crippen molar-refractivity contribution in [1.82, 2.24) is 5.43 Å². The van der Waals surface area contributed by atoms with E-state index in [1.807, 2.05) is 13.0 Å². The van der Waals surface area contributed by atoms with E-state index in [4.69, 9.17) is 10.6 Å². The lowest BCUT2D eigenvalue weighted by molar-refractivity contribution is 0.181. The average molecular weight is 238 g/mol. The van der Waals surface area contributed by atoms with Crippen LogP contribution in [0.25, 0.3) is 0 Å². The van der Waals surface area contributed by atoms with Crippen molar-refractivity contribution in [2.45, 2.75) is 25.8 Å². The first kappa shape index (κ1) is 12.5. The molecule has 0 amide bonds. The Labute approximate surface area is 101 Å². The summed E-state index contributed by atoms with van der Waals surface area (Å²) in [5.41, 5.74) is 4.83. The fraction of sp³-hybridized carbons (Fsp3) is 0.538. The molecule has 0 aliphatic carbocycles. The topological polar surface area (TPSA) is 47.3 Å². The van der Waals surface area contributed by atoms with E-state index >= 15 is 0 Å². The largest absolute Gasteiger partial charge is 0.381 e. The van der Waals surface area contributed by atoms with Gasteiger partial charge in [0.2, 0.25) is 0 Å². The molecule has 0 radical (unpaired) electrons. The number of benzene rings is 1. The molecule has 2 unspecified atom stereocenters. The Hall–Kier alpha value is -0.970. The molecule has 1 aliphatic rings. The number of hydrogen-bond donors (Lipinski definition) is 2. The van der Waals surface area contributed by atoms with Crippen LogP contribution in [0.2, 0.25) is 0 Å². The smallest absolute Gasteiger partial charge is 0.123 e. The molecule has 2 rings (SSSR count). The Morgan fingerprint density at radius 3 is 3.00 bits per heavy atom. The molecule has 94 valence electrons. The van der Waals surface area contributed by atoms with Crippen molar-refractivity contribution >= 4 is 0 Å². The molecule has 0 spiro atoms. The Morgan fingerprint density at radius 2 is 2.41 bits per heavy atom. The Morgan fingerprint density at radius 1 is 1.59 bits per heavy atom. The van der Waals surface area contributed by atoms with Crippen LogP contribution in [0.4, 0.5) is 4.39 Å². The standard InChI is InChI=1S/C13H19FN2O/c1-9-6-11(14)2-3-12(9)13(16-15)7-10-4-5-17-8-10/h2-3,6,10,13,16H,4-5,7-8,15H2,1H3. The third-order valence-electron chi connectivity index (χ3n) is 3.40. The molecule has 1 aromatic carbocycles. The Bertz CT molecular complexity index is 378. The number of rotatable bonds is 4. The van der Waals surface area contributed by atoms with Crippen molar-refractivity contribution in [3.63, 3.8) is 0 Å². The summed E-state index contributed by atoms with van der Waals surface area (Å²) >= 11 is 0. The molecule has 0 aromatic heterocycles. The molecule has 4 heteroatoms. The summed E-state index contributed by atoms with van der Waals surface area (Å²) < 4.78 is 18.4. The van der Waals surface area contributed by atoms with Gasteiger partial charge in [-0.05, 0) is 48.9 Å². The van der Waals surface area contributed by atoms with Gasteiger partial charge in [-0.1, -0.05) is 6.07 Å². The van der Waals surface area contributed by atoms with Crippen LogP contribution >= 0.6 is 0 Å². The van der Waals surface area contributed by atoms with E-state index in [1.54, 1.807) is 6.07 Å². The van der Waals surface area contributed by atoms with Crippen LogP contribution in [0.5, 0.6) is 0 Å². The number of hydrogen-bond acceptors (Lipinski definition) is 3. The highest BCUT2D eigenvalue weighted by Gasteiger charge is 2.22. The third-order valence-corrected chi connectivity index (χ3v) is 3.40. The first-order valence-corrected chi connectivity index (χ1v) is 6.00. The molecule has 0 saturated carbocycles. The maximum atomic E-state index is 13.0. The van der Waals surface area contributed by atoms with E-state index in [2.05, 4.69) is 5.43 Å². The molecule has 1 saturated heterocycles. The molecule has 3 N–H and O–H groups in total. The van der Waals surface area contributed by atoms with Crippen molar-refractivity contribution in [3.8, 4) is 0 Å². The molecule has 1 fully saturated rings. The molecular formula is C13H19FN2O. The van der Waals surface area contributed by atoms with Gasteiger partial charge in [-0.2, -0.15) is 0 Å². The summed E-state index contributed by atoms with van der Waals surface area (Å²) in [6.07, 6.45) is 2.02. The van der Waals surface area contributed by atoms with Gasteiger partial charge < -0.3 is 4.74 Å². The maximum absolute atomic E-state index is 13.0. The van der Waals surface area contributed by atoms with E-state index in [0.29, 0.717) is 5.92 Å². The maximum Gasteiger partial charge on any atom is 0.123 e. The lowest BCUT2D eigenvalue weighted by Gasteiger charge is -2.21. The number of halogens is 1. The van der Waals surface area contributed by atoms with Gasteiger partial charge in [-0.3, -0.25) is 11.3 Å². The van der Waals surface area contributed by atoms with E-state index in [-0.39, 0.29) is 11.9 Å². The number of nitrogens with one attached hydrogen (secondary N) is 1. The predicted molar refractivity (Wildman–Crippen MR) is 64.7 cm³/mol. The van der Waals surface area contributed by atoms with Crippen molar-refractivity contribution in [2.75, 3.05) is 13.2 Å². The van der Waals surface area contributed by atoms with Crippen molar-refractivity contribution in [1.29, 1.82) is 0 Å². The highest BCUT2D eigenvalue weighted by molar-refractivity contribution is 5.29. The average Bonchev–Trinajstić information content (AvgIpc) is 2.79. The summed E-state index contributed by atoms with van der Waals surface area (Å²) in [7, 11) is 0. The molecule has 2 atom stereocenters. The zero-order valence-electron chi connectivity index (χ0n) is 10.1. The second-order valence-electron chi connectivity index (χ2n) is 4.69. The lowest BCUT2D eigenvalue weighted by atomic mass is 9.92. The molecule has 1 heterocycles. The zero-order chi connectivity index (χ0) is 12.3. The fourth-order valence-electron chi connectivity index (χ4n) is 2.42. The van der Waals surface area contributed by atoms with Crippen LogP contribution in [-0.4, -0.2) is 13.2 Å². The van der Waals surface area contributed by atoms with Crippen molar-refractivity contribution in [2.24, 2.45) is 11.8 Å². The number of hydrazine groups is 1. The van der Waals surface area contributed by atoms with Crippen LogP contribution in [0.1, 0.15) is 30.0 Å². The molecule has 1 aromatic rings. The normalized spacial score (nSPS) is 21.7. The fourth-order valence-corrected chi connectivity index (χ4v) is 2.42. The Kier molecular flexibility index (Phi) is 4.10. The SMILES string of the molecule is Cc1cc(F)ccc1C(CC1CCOC1)NN. The Balaban J connectivity index is 2.10. The second-order valence-corrected chi connectivity index (χ2v) is 4.69. The third kappa shape index (κ3) is 3.03. The predicted octanol–water partition coefficient (Wildman–Crippen LogP) is 2.07. The lowest BCUT2D eigenvalue weighted by Crippen LogP contribution is -2.30. The highest BCUT2D eigenvalue weighted by atomic mass is 19.1. The van der Waals surface area contributed by atoms with Gasteiger partial charge in [-0.15, -0.1) is 0 Å². The second kappa shape index (κ2) is 5.58. The van der Waals surface area contributed by atoms with Gasteiger partial charge >= 0.3 is 0 Å². The highest BCUT2D eigenvalue weighted by Crippen LogP contribution is 2.28. The summed E-state index contributed by atoms with van der Waals surface area (Å²) in [6.45, 7) is 3.55. The summed E-state index contributed by atoms with van der Waals surface area (Å²) in [5, 5.41) is 0. The summed E-state index contributed by atoms with van der Waals surface area (Å²) in [4.78, 5) is 0. The quantitative estimate of drug-likeness (QED) is 0.623. The van der Waals surface area contributed by atoms with Crippen molar-refractivity contribution in [3.05, 3.63) is 35.1 Å². The molecule has 17 heavy (non-hydrogen) atoms. The molecule has 1 aliphatic heterocycles. The van der Waals surface area contributed by atoms with Crippen LogP contribution in [0.15, 0.2) is 18.2 Å². The molecule has 0 bridgehead atoms. The molecular weight excluding hydrogens is 219 g/mol. The first-order chi connectivity index (χ1) is 8.20. The van der Waals surface area contributed by atoms with E-state index in [9.17, 15) is 4.39 Å². The van der Waals surface area contributed by atoms with Crippen molar-refractivity contribution < 1.29 is 9.13 Å². The van der Waals surface area contributed by atoms with Gasteiger partial charge in [0.05, 0.1) is 0 Å². The van der Waals surface area contributed by atoms with E-state index < -0.39 is 0 Å². The number of aryl methyl sites for hydroxylation is 1. The first-order valence-electron chi connectivity index (χ1n) is 6.00. The van der Waals surface area contributed by atoms with Crippen LogP contribution in [0, 0.1) is 18.7 Å². The number of ether oxygens (including phenoxy) is 1. The minimum Gasteiger partial charge on any atom is -0.381 e. The summed E-state index contributed by atoms with van der Waals surface area (Å²) in [6, 6.07) is 4.91. The van der Waals surface area contributed by atoms with Gasteiger partial charge in [0.15, 0.2) is 0 Å². The van der Waals surface area contributed by atoms with Crippen LogP contribution in [0.3, 0.4) is 0 Å². The van der Waals surface area contributed by atoms with Gasteiger partial charge in [-0.25, -0.2) is 4.39 Å². The van der Waals surface area contributed by atoms with E-state index in [1.165, 1.54) is 6.07 Å². The van der Waals surface area contributed by atoms with Gasteiger partial charge in [0.25, 0.3) is 0 Å².